The molecule has 0 bridgehead atoms. The van der Waals surface area contributed by atoms with Crippen LogP contribution in [-0.4, -0.2) is 17.5 Å². The van der Waals surface area contributed by atoms with E-state index in [0.29, 0.717) is 23.5 Å². The van der Waals surface area contributed by atoms with Crippen LogP contribution in [0.4, 0.5) is 0 Å². The molecule has 100 valence electrons. The standard InChI is InChI=1S/C14H20O4/c1-5-14(4,12(17)6-7-15)13-8-11(16)9(2)10(3)18-13/h8,15H,5-7H2,1-4H3/t14-/m0/s1. The first kappa shape index (κ1) is 14.6. The van der Waals surface area contributed by atoms with Crippen LogP contribution in [0.1, 0.15) is 43.8 Å². The van der Waals surface area contributed by atoms with Crippen molar-refractivity contribution in [2.24, 2.45) is 0 Å². The monoisotopic (exact) mass is 252 g/mol. The fraction of sp³-hybridized carbons (Fsp3) is 0.571. The summed E-state index contributed by atoms with van der Waals surface area (Å²) in [6, 6.07) is 1.39. The van der Waals surface area contributed by atoms with Crippen LogP contribution in [0.5, 0.6) is 0 Å². The number of hydrogen-bond donors (Lipinski definition) is 1. The molecule has 1 N–H and O–H groups in total. The molecule has 1 aromatic heterocycles. The lowest BCUT2D eigenvalue weighted by molar-refractivity contribution is -0.125. The van der Waals surface area contributed by atoms with Crippen LogP contribution >= 0.6 is 0 Å². The number of carbonyl (C=O) groups excluding carboxylic acids is 1. The van der Waals surface area contributed by atoms with Gasteiger partial charge in [-0.1, -0.05) is 6.92 Å². The van der Waals surface area contributed by atoms with E-state index >= 15 is 0 Å². The molecule has 0 fully saturated rings. The van der Waals surface area contributed by atoms with Crippen molar-refractivity contribution in [2.75, 3.05) is 6.61 Å². The maximum atomic E-state index is 12.1. The fourth-order valence-electron chi connectivity index (χ4n) is 1.83. The number of hydrogen-bond acceptors (Lipinski definition) is 4. The van der Waals surface area contributed by atoms with Crippen LogP contribution in [0.3, 0.4) is 0 Å². The molecule has 0 radical (unpaired) electrons. The minimum atomic E-state index is -0.847. The van der Waals surface area contributed by atoms with Crippen molar-refractivity contribution >= 4 is 5.78 Å². The van der Waals surface area contributed by atoms with Crippen LogP contribution in [0.25, 0.3) is 0 Å². The van der Waals surface area contributed by atoms with E-state index in [2.05, 4.69) is 0 Å². The summed E-state index contributed by atoms with van der Waals surface area (Å²) < 4.78 is 5.61. The van der Waals surface area contributed by atoms with Crippen molar-refractivity contribution < 1.29 is 14.3 Å². The maximum absolute atomic E-state index is 12.1. The molecular weight excluding hydrogens is 232 g/mol. The normalized spacial score (nSPS) is 14.3. The van der Waals surface area contributed by atoms with E-state index in [-0.39, 0.29) is 24.2 Å². The van der Waals surface area contributed by atoms with Crippen molar-refractivity contribution in [1.29, 1.82) is 0 Å². The van der Waals surface area contributed by atoms with Crippen LogP contribution in [0.2, 0.25) is 0 Å². The van der Waals surface area contributed by atoms with Gasteiger partial charge in [0.1, 0.15) is 17.3 Å². The molecule has 1 aromatic rings. The van der Waals surface area contributed by atoms with E-state index in [0.717, 1.165) is 0 Å². The van der Waals surface area contributed by atoms with Crippen LogP contribution in [0.15, 0.2) is 15.3 Å². The molecular formula is C14H20O4. The summed E-state index contributed by atoms with van der Waals surface area (Å²) in [5, 5.41) is 8.88. The Morgan fingerprint density at radius 2 is 2.06 bits per heavy atom. The summed E-state index contributed by atoms with van der Waals surface area (Å²) >= 11 is 0. The first-order valence-electron chi connectivity index (χ1n) is 6.12. The molecule has 0 aliphatic heterocycles. The van der Waals surface area contributed by atoms with Crippen molar-refractivity contribution in [1.82, 2.24) is 0 Å². The number of aryl methyl sites for hydroxylation is 1. The molecule has 0 saturated heterocycles. The van der Waals surface area contributed by atoms with Gasteiger partial charge in [-0.15, -0.1) is 0 Å². The smallest absolute Gasteiger partial charge is 0.188 e. The maximum Gasteiger partial charge on any atom is 0.188 e. The van der Waals surface area contributed by atoms with Crippen LogP contribution in [-0.2, 0) is 10.2 Å². The number of Topliss-reactive ketones (excluding diaryl/α,β-unsaturated/α-hetero) is 1. The van der Waals surface area contributed by atoms with Gasteiger partial charge >= 0.3 is 0 Å². The number of rotatable bonds is 5. The van der Waals surface area contributed by atoms with E-state index in [1.165, 1.54) is 6.07 Å². The summed E-state index contributed by atoms with van der Waals surface area (Å²) in [5.74, 6) is 0.810. The van der Waals surface area contributed by atoms with Crippen molar-refractivity contribution in [2.45, 2.75) is 46.0 Å². The van der Waals surface area contributed by atoms with Gasteiger partial charge in [0, 0.05) is 24.7 Å². The van der Waals surface area contributed by atoms with Gasteiger partial charge in [0.2, 0.25) is 0 Å². The Morgan fingerprint density at radius 3 is 2.50 bits per heavy atom. The highest BCUT2D eigenvalue weighted by Crippen LogP contribution is 2.30. The zero-order chi connectivity index (χ0) is 13.9. The molecule has 0 saturated carbocycles. The summed E-state index contributed by atoms with van der Waals surface area (Å²) in [6.45, 7) is 6.84. The van der Waals surface area contributed by atoms with E-state index in [4.69, 9.17) is 9.52 Å². The molecule has 0 aliphatic carbocycles. The number of aliphatic hydroxyl groups excluding tert-OH is 1. The summed E-state index contributed by atoms with van der Waals surface area (Å²) in [7, 11) is 0. The fourth-order valence-corrected chi connectivity index (χ4v) is 1.83. The molecule has 1 rings (SSSR count). The predicted molar refractivity (Wildman–Crippen MR) is 68.8 cm³/mol. The Bertz CT molecular complexity index is 501. The highest BCUT2D eigenvalue weighted by atomic mass is 16.3. The molecule has 1 atom stereocenters. The van der Waals surface area contributed by atoms with E-state index in [1.54, 1.807) is 20.8 Å². The Balaban J connectivity index is 3.33. The SMILES string of the molecule is CC[C@@](C)(C(=O)CCO)c1cc(=O)c(C)c(C)o1. The Labute approximate surface area is 107 Å². The second-order valence-corrected chi connectivity index (χ2v) is 4.74. The first-order chi connectivity index (χ1) is 8.36. The molecule has 0 spiro atoms. The van der Waals surface area contributed by atoms with Gasteiger partial charge in [-0.2, -0.15) is 0 Å². The third-order valence-corrected chi connectivity index (χ3v) is 3.63. The molecule has 4 heteroatoms. The third-order valence-electron chi connectivity index (χ3n) is 3.63. The molecule has 18 heavy (non-hydrogen) atoms. The molecule has 0 aromatic carbocycles. The topological polar surface area (TPSA) is 67.5 Å². The average molecular weight is 252 g/mol. The minimum Gasteiger partial charge on any atom is -0.465 e. The predicted octanol–water partition coefficient (Wildman–Crippen LogP) is 1.88. The van der Waals surface area contributed by atoms with Gasteiger partial charge in [0.05, 0.1) is 5.41 Å². The van der Waals surface area contributed by atoms with Gasteiger partial charge in [0.25, 0.3) is 0 Å². The van der Waals surface area contributed by atoms with Gasteiger partial charge in [-0.25, -0.2) is 0 Å². The van der Waals surface area contributed by atoms with Crippen LogP contribution < -0.4 is 5.43 Å². The van der Waals surface area contributed by atoms with E-state index in [1.807, 2.05) is 6.92 Å². The highest BCUT2D eigenvalue weighted by Gasteiger charge is 2.35. The van der Waals surface area contributed by atoms with Gasteiger partial charge in [-0.05, 0) is 27.2 Å². The number of ketones is 1. The lowest BCUT2D eigenvalue weighted by Gasteiger charge is -2.25. The zero-order valence-corrected chi connectivity index (χ0v) is 11.4. The van der Waals surface area contributed by atoms with Gasteiger partial charge in [-0.3, -0.25) is 9.59 Å². The second kappa shape index (κ2) is 5.48. The quantitative estimate of drug-likeness (QED) is 0.868. The Kier molecular flexibility index (Phi) is 4.46. The largest absolute Gasteiger partial charge is 0.465 e. The lowest BCUT2D eigenvalue weighted by Crippen LogP contribution is -2.33. The molecule has 4 nitrogen and oxygen atoms in total. The molecule has 0 unspecified atom stereocenters. The van der Waals surface area contributed by atoms with E-state index < -0.39 is 5.41 Å². The minimum absolute atomic E-state index is 0.0704. The third kappa shape index (κ3) is 2.53. The molecule has 0 aliphatic rings. The Morgan fingerprint density at radius 1 is 1.44 bits per heavy atom. The molecule has 0 amide bonds. The lowest BCUT2D eigenvalue weighted by atomic mass is 9.79. The van der Waals surface area contributed by atoms with Gasteiger partial charge < -0.3 is 9.52 Å². The second-order valence-electron chi connectivity index (χ2n) is 4.74. The number of aliphatic hydroxyl groups is 1. The number of carbonyl (C=O) groups is 1. The zero-order valence-electron chi connectivity index (χ0n) is 11.4. The summed E-state index contributed by atoms with van der Waals surface area (Å²) in [6.07, 6.45) is 0.595. The Hall–Kier alpha value is -1.42. The first-order valence-corrected chi connectivity index (χ1v) is 6.12. The summed E-state index contributed by atoms with van der Waals surface area (Å²) in [4.78, 5) is 23.9. The highest BCUT2D eigenvalue weighted by molar-refractivity contribution is 5.89. The van der Waals surface area contributed by atoms with Crippen molar-refractivity contribution in [3.05, 3.63) is 33.4 Å². The van der Waals surface area contributed by atoms with E-state index in [9.17, 15) is 9.59 Å². The summed E-state index contributed by atoms with van der Waals surface area (Å²) in [5.41, 5.74) is -0.405. The van der Waals surface area contributed by atoms with Crippen molar-refractivity contribution in [3.8, 4) is 0 Å². The molecule has 1 heterocycles. The van der Waals surface area contributed by atoms with Crippen molar-refractivity contribution in [3.63, 3.8) is 0 Å². The van der Waals surface area contributed by atoms with Crippen LogP contribution in [0, 0.1) is 13.8 Å². The average Bonchev–Trinajstić information content (AvgIpc) is 2.34. The van der Waals surface area contributed by atoms with Gasteiger partial charge in [0.15, 0.2) is 5.43 Å².